The van der Waals surface area contributed by atoms with Gasteiger partial charge in [-0.05, 0) is 56.2 Å². The van der Waals surface area contributed by atoms with Gasteiger partial charge in [0.2, 0.25) is 0 Å². The van der Waals surface area contributed by atoms with E-state index < -0.39 is 0 Å². The van der Waals surface area contributed by atoms with Crippen LogP contribution in [0.5, 0.6) is 0 Å². The molecule has 0 atom stereocenters. The number of ether oxygens (including phenoxy) is 1. The van der Waals surface area contributed by atoms with E-state index in [-0.39, 0.29) is 0 Å². The van der Waals surface area contributed by atoms with E-state index in [9.17, 15) is 0 Å². The molecule has 3 heterocycles. The van der Waals surface area contributed by atoms with E-state index in [0.29, 0.717) is 6.61 Å². The summed E-state index contributed by atoms with van der Waals surface area (Å²) in [5.74, 6) is 1.77. The normalized spacial score (nSPS) is 14.3. The van der Waals surface area contributed by atoms with Crippen molar-refractivity contribution < 1.29 is 4.74 Å². The fraction of sp³-hybridized carbons (Fsp3) is 0.263. The Balaban J connectivity index is 1.95. The molecule has 1 aliphatic heterocycles. The van der Waals surface area contributed by atoms with Gasteiger partial charge in [0, 0.05) is 30.3 Å². The molecule has 4 heteroatoms. The highest BCUT2D eigenvalue weighted by Crippen LogP contribution is 2.26. The van der Waals surface area contributed by atoms with E-state index in [2.05, 4.69) is 27.0 Å². The van der Waals surface area contributed by atoms with Gasteiger partial charge in [-0.2, -0.15) is 0 Å². The zero-order chi connectivity index (χ0) is 16.2. The first-order chi connectivity index (χ1) is 11.2. The number of anilines is 1. The molecule has 0 radical (unpaired) electrons. The number of allylic oxidation sites excluding steroid dienone is 1. The lowest BCUT2D eigenvalue weighted by molar-refractivity contribution is 0.241. The van der Waals surface area contributed by atoms with E-state index in [1.54, 1.807) is 0 Å². The second kappa shape index (κ2) is 6.65. The van der Waals surface area contributed by atoms with Crippen LogP contribution in [0.3, 0.4) is 0 Å². The van der Waals surface area contributed by atoms with Gasteiger partial charge in [-0.15, -0.1) is 0 Å². The SMILES string of the molecule is CCOC1=CN(c2cccc(C)n2)CC(c2ccc(C)nc2)=C1. The number of aromatic nitrogens is 2. The van der Waals surface area contributed by atoms with Crippen LogP contribution in [0.2, 0.25) is 0 Å². The molecule has 0 amide bonds. The van der Waals surface area contributed by atoms with Crippen LogP contribution in [-0.2, 0) is 4.74 Å². The summed E-state index contributed by atoms with van der Waals surface area (Å²) < 4.78 is 5.74. The van der Waals surface area contributed by atoms with Gasteiger partial charge in [0.25, 0.3) is 0 Å². The molecule has 0 spiro atoms. The van der Waals surface area contributed by atoms with Gasteiger partial charge >= 0.3 is 0 Å². The summed E-state index contributed by atoms with van der Waals surface area (Å²) in [4.78, 5) is 11.1. The zero-order valence-corrected chi connectivity index (χ0v) is 13.8. The highest BCUT2D eigenvalue weighted by atomic mass is 16.5. The third-order valence-electron chi connectivity index (χ3n) is 3.70. The summed E-state index contributed by atoms with van der Waals surface area (Å²) in [6.45, 7) is 7.37. The maximum Gasteiger partial charge on any atom is 0.135 e. The van der Waals surface area contributed by atoms with Crippen molar-refractivity contribution >= 4 is 11.4 Å². The lowest BCUT2D eigenvalue weighted by atomic mass is 10.0. The minimum Gasteiger partial charge on any atom is -0.492 e. The lowest BCUT2D eigenvalue weighted by Crippen LogP contribution is -2.24. The fourth-order valence-corrected chi connectivity index (χ4v) is 2.55. The zero-order valence-electron chi connectivity index (χ0n) is 13.8. The van der Waals surface area contributed by atoms with Gasteiger partial charge in [-0.25, -0.2) is 4.98 Å². The Hall–Kier alpha value is -2.62. The smallest absolute Gasteiger partial charge is 0.135 e. The van der Waals surface area contributed by atoms with Gasteiger partial charge in [0.05, 0.1) is 6.61 Å². The van der Waals surface area contributed by atoms with Crippen LogP contribution >= 0.6 is 0 Å². The standard InChI is InChI=1S/C19H21N3O/c1-4-23-18-10-17(16-9-8-14(2)20-11-16)12-22(13-18)19-7-5-6-15(3)21-19/h5-11,13H,4,12H2,1-3H3. The van der Waals surface area contributed by atoms with Gasteiger partial charge in [-0.1, -0.05) is 12.1 Å². The molecular weight excluding hydrogens is 286 g/mol. The summed E-state index contributed by atoms with van der Waals surface area (Å²) in [7, 11) is 0. The van der Waals surface area contributed by atoms with Crippen LogP contribution in [0, 0.1) is 13.8 Å². The molecule has 23 heavy (non-hydrogen) atoms. The van der Waals surface area contributed by atoms with Crippen LogP contribution in [0.25, 0.3) is 5.57 Å². The Morgan fingerprint density at radius 3 is 2.70 bits per heavy atom. The minimum atomic E-state index is 0.636. The van der Waals surface area contributed by atoms with E-state index in [1.807, 2.05) is 57.4 Å². The van der Waals surface area contributed by atoms with Gasteiger partial charge in [0.15, 0.2) is 0 Å². The molecule has 2 aromatic rings. The first kappa shape index (κ1) is 15.3. The molecule has 0 unspecified atom stereocenters. The number of hydrogen-bond acceptors (Lipinski definition) is 4. The number of hydrogen-bond donors (Lipinski definition) is 0. The largest absolute Gasteiger partial charge is 0.492 e. The molecule has 1 aliphatic rings. The van der Waals surface area contributed by atoms with Crippen LogP contribution in [-0.4, -0.2) is 23.1 Å². The lowest BCUT2D eigenvalue weighted by Gasteiger charge is -2.26. The number of rotatable bonds is 4. The Morgan fingerprint density at radius 2 is 2.00 bits per heavy atom. The molecule has 0 saturated carbocycles. The minimum absolute atomic E-state index is 0.636. The Bertz CT molecular complexity index is 747. The topological polar surface area (TPSA) is 38.2 Å². The molecule has 0 N–H and O–H groups in total. The Kier molecular flexibility index (Phi) is 4.42. The molecule has 3 rings (SSSR count). The summed E-state index contributed by atoms with van der Waals surface area (Å²) in [5, 5.41) is 0. The quantitative estimate of drug-likeness (QED) is 0.859. The van der Waals surface area contributed by atoms with Gasteiger partial charge in [-0.3, -0.25) is 4.98 Å². The van der Waals surface area contributed by atoms with E-state index in [1.165, 1.54) is 5.57 Å². The first-order valence-corrected chi connectivity index (χ1v) is 7.84. The van der Waals surface area contributed by atoms with Crippen molar-refractivity contribution in [3.05, 3.63) is 71.5 Å². The van der Waals surface area contributed by atoms with Gasteiger partial charge < -0.3 is 9.64 Å². The van der Waals surface area contributed by atoms with Crippen LogP contribution < -0.4 is 4.90 Å². The highest BCUT2D eigenvalue weighted by molar-refractivity contribution is 5.74. The molecule has 0 bridgehead atoms. The van der Waals surface area contributed by atoms with Crippen LogP contribution in [0.15, 0.2) is 54.6 Å². The summed E-state index contributed by atoms with van der Waals surface area (Å²) in [6, 6.07) is 10.2. The molecular formula is C19H21N3O. The molecule has 4 nitrogen and oxygen atoms in total. The molecule has 2 aromatic heterocycles. The average Bonchev–Trinajstić information content (AvgIpc) is 2.55. The number of nitrogens with zero attached hydrogens (tertiary/aromatic N) is 3. The molecule has 0 aliphatic carbocycles. The molecule has 0 saturated heterocycles. The summed E-state index contributed by atoms with van der Waals surface area (Å²) in [5.41, 5.74) is 4.30. The van der Waals surface area contributed by atoms with Crippen molar-refractivity contribution in [3.8, 4) is 0 Å². The maximum absolute atomic E-state index is 5.74. The highest BCUT2D eigenvalue weighted by Gasteiger charge is 2.17. The molecule has 118 valence electrons. The van der Waals surface area contributed by atoms with E-state index >= 15 is 0 Å². The summed E-state index contributed by atoms with van der Waals surface area (Å²) in [6.07, 6.45) is 6.01. The van der Waals surface area contributed by atoms with Gasteiger partial charge in [0.1, 0.15) is 11.6 Å². The van der Waals surface area contributed by atoms with Crippen LogP contribution in [0.1, 0.15) is 23.9 Å². The second-order valence-corrected chi connectivity index (χ2v) is 5.59. The van der Waals surface area contributed by atoms with Crippen LogP contribution in [0.4, 0.5) is 5.82 Å². The molecule has 0 fully saturated rings. The second-order valence-electron chi connectivity index (χ2n) is 5.59. The predicted octanol–water partition coefficient (Wildman–Crippen LogP) is 3.87. The first-order valence-electron chi connectivity index (χ1n) is 7.84. The average molecular weight is 307 g/mol. The van der Waals surface area contributed by atoms with Crippen molar-refractivity contribution in [1.82, 2.24) is 9.97 Å². The fourth-order valence-electron chi connectivity index (χ4n) is 2.55. The Labute approximate surface area is 137 Å². The van der Waals surface area contributed by atoms with Crippen molar-refractivity contribution in [2.24, 2.45) is 0 Å². The number of pyridine rings is 2. The van der Waals surface area contributed by atoms with E-state index in [0.717, 1.165) is 35.1 Å². The number of aryl methyl sites for hydroxylation is 2. The summed E-state index contributed by atoms with van der Waals surface area (Å²) >= 11 is 0. The maximum atomic E-state index is 5.74. The third-order valence-corrected chi connectivity index (χ3v) is 3.70. The predicted molar refractivity (Wildman–Crippen MR) is 93.0 cm³/mol. The van der Waals surface area contributed by atoms with Crippen molar-refractivity contribution in [3.63, 3.8) is 0 Å². The monoisotopic (exact) mass is 307 g/mol. The van der Waals surface area contributed by atoms with Crippen molar-refractivity contribution in [1.29, 1.82) is 0 Å². The van der Waals surface area contributed by atoms with E-state index in [4.69, 9.17) is 4.74 Å². The van der Waals surface area contributed by atoms with Crippen molar-refractivity contribution in [2.75, 3.05) is 18.1 Å². The Morgan fingerprint density at radius 1 is 1.13 bits per heavy atom. The molecule has 0 aromatic carbocycles. The van der Waals surface area contributed by atoms with Crippen molar-refractivity contribution in [2.45, 2.75) is 20.8 Å². The third kappa shape index (κ3) is 3.59.